The average Bonchev–Trinajstić information content (AvgIpc) is 2.86. The van der Waals surface area contributed by atoms with Crippen molar-refractivity contribution in [2.45, 2.75) is 6.18 Å². The Morgan fingerprint density at radius 2 is 1.92 bits per heavy atom. The van der Waals surface area contributed by atoms with Crippen LogP contribution in [0.15, 0.2) is 76.6 Å². The topological polar surface area (TPSA) is 123 Å². The molecule has 0 N–H and O–H groups in total. The normalized spacial score (nSPS) is 11.5. The summed E-state index contributed by atoms with van der Waals surface area (Å²) in [7, 11) is 0. The number of alkyl halides is 3. The largest absolute Gasteiger partial charge is 0.478 e. The molecule has 1 heterocycles. The smallest absolute Gasteiger partial charge is 0.416 e. The first-order valence-electron chi connectivity index (χ1n) is 10.2. The summed E-state index contributed by atoms with van der Waals surface area (Å²) in [5.74, 6) is -0.0979. The Balaban J connectivity index is 1.93. The van der Waals surface area contributed by atoms with Crippen molar-refractivity contribution in [3.8, 4) is 23.2 Å². The number of nitriles is 1. The fraction of sp³-hybridized carbons (Fsp3) is 0.0833. The lowest BCUT2D eigenvalue weighted by atomic mass is 10.1. The van der Waals surface area contributed by atoms with Gasteiger partial charge in [0.15, 0.2) is 12.4 Å². The maximum absolute atomic E-state index is 13.3. The molecule has 0 fully saturated rings. The molecule has 4 aromatic rings. The van der Waals surface area contributed by atoms with E-state index in [9.17, 15) is 28.1 Å². The zero-order chi connectivity index (χ0) is 25.9. The van der Waals surface area contributed by atoms with Crippen LogP contribution in [0.2, 0.25) is 0 Å². The third-order valence-electron chi connectivity index (χ3n) is 5.01. The third-order valence-corrected chi connectivity index (χ3v) is 5.01. The van der Waals surface area contributed by atoms with Crippen LogP contribution in [0.4, 0.5) is 18.9 Å². The lowest BCUT2D eigenvalue weighted by Gasteiger charge is -2.12. The van der Waals surface area contributed by atoms with E-state index in [0.717, 1.165) is 29.1 Å². The Labute approximate surface area is 200 Å². The molecule has 12 heteroatoms. The molecule has 0 spiro atoms. The standard InChI is InChI=1S/C24H14F3N5O4/c25-24(26,27)17-5-3-4-15(12-17)22-30-20-7-2-1-6-19(20)23(33)31(22)29-14-16-13-18(32(34)35)8-9-21(16)36-11-10-28/h1-9,12-14H,11H2. The van der Waals surface area contributed by atoms with Crippen molar-refractivity contribution < 1.29 is 22.8 Å². The molecule has 0 atom stereocenters. The average molecular weight is 493 g/mol. The van der Waals surface area contributed by atoms with E-state index in [4.69, 9.17) is 10.00 Å². The Hall–Kier alpha value is -5.05. The minimum atomic E-state index is -4.63. The van der Waals surface area contributed by atoms with Gasteiger partial charge in [-0.05, 0) is 30.3 Å². The van der Waals surface area contributed by atoms with Crippen LogP contribution in [0.5, 0.6) is 5.75 Å². The fourth-order valence-electron chi connectivity index (χ4n) is 3.36. The maximum atomic E-state index is 13.3. The van der Waals surface area contributed by atoms with Gasteiger partial charge in [0.1, 0.15) is 11.8 Å². The number of benzene rings is 3. The van der Waals surface area contributed by atoms with Gasteiger partial charge in [-0.25, -0.2) is 4.98 Å². The maximum Gasteiger partial charge on any atom is 0.416 e. The number of halogens is 3. The predicted octanol–water partition coefficient (Wildman–Crippen LogP) is 4.78. The van der Waals surface area contributed by atoms with Crippen molar-refractivity contribution in [3.63, 3.8) is 0 Å². The van der Waals surface area contributed by atoms with Gasteiger partial charge in [0.25, 0.3) is 11.2 Å². The highest BCUT2D eigenvalue weighted by atomic mass is 19.4. The van der Waals surface area contributed by atoms with Crippen LogP contribution in [0.1, 0.15) is 11.1 Å². The summed E-state index contributed by atoms with van der Waals surface area (Å²) < 4.78 is 46.1. The highest BCUT2D eigenvalue weighted by Gasteiger charge is 2.31. The van der Waals surface area contributed by atoms with Gasteiger partial charge in [0.2, 0.25) is 0 Å². The van der Waals surface area contributed by atoms with Crippen LogP contribution in [-0.2, 0) is 6.18 Å². The minimum Gasteiger partial charge on any atom is -0.478 e. The van der Waals surface area contributed by atoms with Crippen LogP contribution in [0.25, 0.3) is 22.3 Å². The molecule has 0 aliphatic heterocycles. The third kappa shape index (κ3) is 4.90. The first-order chi connectivity index (χ1) is 17.2. The molecule has 3 aromatic carbocycles. The van der Waals surface area contributed by atoms with Gasteiger partial charge < -0.3 is 4.74 Å². The van der Waals surface area contributed by atoms with Crippen molar-refractivity contribution in [2.24, 2.45) is 5.10 Å². The van der Waals surface area contributed by atoms with Crippen LogP contribution in [0, 0.1) is 21.4 Å². The quantitative estimate of drug-likeness (QED) is 0.216. The summed E-state index contributed by atoms with van der Waals surface area (Å²) >= 11 is 0. The van der Waals surface area contributed by atoms with Crippen molar-refractivity contribution in [3.05, 3.63) is 98.3 Å². The van der Waals surface area contributed by atoms with E-state index in [0.29, 0.717) is 0 Å². The molecule has 36 heavy (non-hydrogen) atoms. The zero-order valence-electron chi connectivity index (χ0n) is 18.1. The second kappa shape index (κ2) is 9.67. The van der Waals surface area contributed by atoms with Crippen LogP contribution in [0.3, 0.4) is 0 Å². The van der Waals surface area contributed by atoms with E-state index in [2.05, 4.69) is 10.1 Å². The Morgan fingerprint density at radius 3 is 2.64 bits per heavy atom. The Bertz CT molecular complexity index is 1610. The molecule has 0 aliphatic rings. The number of hydrogen-bond donors (Lipinski definition) is 0. The molecule has 1 aromatic heterocycles. The van der Waals surface area contributed by atoms with Crippen molar-refractivity contribution in [2.75, 3.05) is 6.61 Å². The second-order valence-electron chi connectivity index (χ2n) is 7.32. The van der Waals surface area contributed by atoms with Crippen molar-refractivity contribution in [1.82, 2.24) is 9.66 Å². The number of non-ortho nitro benzene ring substituents is 1. The van der Waals surface area contributed by atoms with Crippen LogP contribution >= 0.6 is 0 Å². The van der Waals surface area contributed by atoms with E-state index >= 15 is 0 Å². The molecule has 0 saturated carbocycles. The molecule has 0 radical (unpaired) electrons. The van der Waals surface area contributed by atoms with Gasteiger partial charge in [0, 0.05) is 23.3 Å². The van der Waals surface area contributed by atoms with Crippen molar-refractivity contribution >= 4 is 22.8 Å². The first-order valence-corrected chi connectivity index (χ1v) is 10.2. The fourth-order valence-corrected chi connectivity index (χ4v) is 3.36. The number of hydrogen-bond acceptors (Lipinski definition) is 7. The van der Waals surface area contributed by atoms with Gasteiger partial charge in [-0.3, -0.25) is 14.9 Å². The second-order valence-corrected chi connectivity index (χ2v) is 7.32. The SMILES string of the molecule is N#CCOc1ccc([N+](=O)[O-])cc1C=Nn1c(-c2cccc(C(F)(F)F)c2)nc2ccccc2c1=O. The molecular formula is C24H14F3N5O4. The molecule has 4 rings (SSSR count). The predicted molar refractivity (Wildman–Crippen MR) is 124 cm³/mol. The summed E-state index contributed by atoms with van der Waals surface area (Å²) in [6.07, 6.45) is -3.55. The molecule has 9 nitrogen and oxygen atoms in total. The van der Waals surface area contributed by atoms with Gasteiger partial charge in [-0.2, -0.15) is 28.2 Å². The molecule has 0 unspecified atom stereocenters. The number of nitrogens with zero attached hydrogens (tertiary/aromatic N) is 5. The van der Waals surface area contributed by atoms with Crippen molar-refractivity contribution in [1.29, 1.82) is 5.26 Å². The van der Waals surface area contributed by atoms with Gasteiger partial charge in [-0.1, -0.05) is 24.3 Å². The van der Waals surface area contributed by atoms with Crippen LogP contribution < -0.4 is 10.3 Å². The summed E-state index contributed by atoms with van der Waals surface area (Å²) in [6, 6.07) is 15.9. The summed E-state index contributed by atoms with van der Waals surface area (Å²) in [5.41, 5.74) is -1.63. The number of nitro groups is 1. The number of nitro benzene ring substituents is 1. The van der Waals surface area contributed by atoms with E-state index in [1.165, 1.54) is 36.4 Å². The Kier molecular flexibility index (Phi) is 6.47. The van der Waals surface area contributed by atoms with Gasteiger partial charge in [0.05, 0.1) is 27.6 Å². The number of ether oxygens (including phenoxy) is 1. The number of rotatable bonds is 6. The van der Waals surface area contributed by atoms with E-state index in [1.54, 1.807) is 18.2 Å². The highest BCUT2D eigenvalue weighted by molar-refractivity contribution is 5.85. The summed E-state index contributed by atoms with van der Waals surface area (Å²) in [6.45, 7) is -0.356. The molecule has 0 bridgehead atoms. The number of aromatic nitrogens is 2. The molecule has 0 aliphatic carbocycles. The zero-order valence-corrected chi connectivity index (χ0v) is 18.1. The Morgan fingerprint density at radius 1 is 1.14 bits per heavy atom. The van der Waals surface area contributed by atoms with E-state index in [1.807, 2.05) is 0 Å². The number of fused-ring (bicyclic) bond motifs is 1. The minimum absolute atomic E-state index is 0.0233. The van der Waals surface area contributed by atoms with Gasteiger partial charge >= 0.3 is 6.18 Å². The number of para-hydroxylation sites is 1. The first kappa shape index (κ1) is 24.1. The molecule has 0 amide bonds. The lowest BCUT2D eigenvalue weighted by Crippen LogP contribution is -2.20. The van der Waals surface area contributed by atoms with E-state index < -0.39 is 22.2 Å². The lowest BCUT2D eigenvalue weighted by molar-refractivity contribution is -0.384. The monoisotopic (exact) mass is 493 g/mol. The molecular weight excluding hydrogens is 479 g/mol. The van der Waals surface area contributed by atoms with Crippen LogP contribution in [-0.4, -0.2) is 27.4 Å². The summed E-state index contributed by atoms with van der Waals surface area (Å²) in [4.78, 5) is 28.2. The van der Waals surface area contributed by atoms with Gasteiger partial charge in [-0.15, -0.1) is 0 Å². The molecule has 180 valence electrons. The molecule has 0 saturated heterocycles. The van der Waals surface area contributed by atoms with E-state index in [-0.39, 0.29) is 45.9 Å². The highest BCUT2D eigenvalue weighted by Crippen LogP contribution is 2.32. The summed E-state index contributed by atoms with van der Waals surface area (Å²) in [5, 5.41) is 24.3.